The summed E-state index contributed by atoms with van der Waals surface area (Å²) in [6.45, 7) is 0.0637. The van der Waals surface area contributed by atoms with Crippen LogP contribution in [0.5, 0.6) is 5.75 Å². The quantitative estimate of drug-likeness (QED) is 0.799. The first-order valence-electron chi connectivity index (χ1n) is 7.16. The first-order chi connectivity index (χ1) is 10.1. The number of hydrogen-bond donors (Lipinski definition) is 3. The normalized spacial score (nSPS) is 21.7. The van der Waals surface area contributed by atoms with Crippen LogP contribution in [0.2, 0.25) is 0 Å². The van der Waals surface area contributed by atoms with Crippen LogP contribution in [0.3, 0.4) is 0 Å². The van der Waals surface area contributed by atoms with E-state index in [4.69, 9.17) is 4.74 Å². The fraction of sp³-hybridized carbons (Fsp3) is 0.533. The number of urea groups is 1. The standard InChI is InChI=1S/C15H21FN2O3/c1-21-14-7-6-11(16)8-13(14)18-15(20)17-12-5-3-2-4-10(12)9-19/h6-8,10,12,19H,2-5,9H2,1H3,(H2,17,18,20). The molecule has 1 aromatic carbocycles. The molecule has 1 saturated carbocycles. The zero-order valence-electron chi connectivity index (χ0n) is 12.1. The van der Waals surface area contributed by atoms with Crippen LogP contribution in [-0.4, -0.2) is 30.9 Å². The molecule has 1 aromatic rings. The second-order valence-corrected chi connectivity index (χ2v) is 5.28. The molecule has 1 aliphatic rings. The van der Waals surface area contributed by atoms with Crippen molar-refractivity contribution in [1.29, 1.82) is 0 Å². The molecular weight excluding hydrogens is 275 g/mol. The van der Waals surface area contributed by atoms with Crippen LogP contribution in [-0.2, 0) is 0 Å². The Morgan fingerprint density at radius 2 is 2.19 bits per heavy atom. The van der Waals surface area contributed by atoms with Crippen LogP contribution < -0.4 is 15.4 Å². The maximum atomic E-state index is 13.2. The van der Waals surface area contributed by atoms with Crippen molar-refractivity contribution in [2.45, 2.75) is 31.7 Å². The lowest BCUT2D eigenvalue weighted by Crippen LogP contribution is -2.45. The summed E-state index contributed by atoms with van der Waals surface area (Å²) >= 11 is 0. The molecular formula is C15H21FN2O3. The molecule has 2 unspecified atom stereocenters. The Morgan fingerprint density at radius 1 is 1.43 bits per heavy atom. The Labute approximate surface area is 123 Å². The maximum Gasteiger partial charge on any atom is 0.319 e. The van der Waals surface area contributed by atoms with E-state index in [0.717, 1.165) is 25.7 Å². The number of ether oxygens (including phenoxy) is 1. The average molecular weight is 296 g/mol. The van der Waals surface area contributed by atoms with Crippen LogP contribution in [0.25, 0.3) is 0 Å². The zero-order valence-corrected chi connectivity index (χ0v) is 12.1. The third kappa shape index (κ3) is 4.07. The van der Waals surface area contributed by atoms with Gasteiger partial charge in [0.2, 0.25) is 0 Å². The Hall–Kier alpha value is -1.82. The number of amides is 2. The highest BCUT2D eigenvalue weighted by Crippen LogP contribution is 2.26. The van der Waals surface area contributed by atoms with E-state index >= 15 is 0 Å². The molecule has 0 aromatic heterocycles. The van der Waals surface area contributed by atoms with E-state index in [0.29, 0.717) is 5.75 Å². The highest BCUT2D eigenvalue weighted by atomic mass is 19.1. The van der Waals surface area contributed by atoms with Crippen molar-refractivity contribution in [2.24, 2.45) is 5.92 Å². The number of hydrogen-bond acceptors (Lipinski definition) is 3. The zero-order chi connectivity index (χ0) is 15.2. The molecule has 0 bridgehead atoms. The fourth-order valence-corrected chi connectivity index (χ4v) is 2.72. The fourth-order valence-electron chi connectivity index (χ4n) is 2.72. The number of aliphatic hydroxyl groups is 1. The van der Waals surface area contributed by atoms with Gasteiger partial charge in [-0.2, -0.15) is 0 Å². The molecule has 0 saturated heterocycles. The molecule has 116 valence electrons. The van der Waals surface area contributed by atoms with Crippen molar-refractivity contribution in [1.82, 2.24) is 5.32 Å². The largest absolute Gasteiger partial charge is 0.495 e. The maximum absolute atomic E-state index is 13.2. The second kappa shape index (κ2) is 7.26. The van der Waals surface area contributed by atoms with Gasteiger partial charge in [0.1, 0.15) is 11.6 Å². The summed E-state index contributed by atoms with van der Waals surface area (Å²) in [5.74, 6) is 0.0322. The van der Waals surface area contributed by atoms with Gasteiger partial charge in [-0.05, 0) is 25.0 Å². The smallest absolute Gasteiger partial charge is 0.319 e. The molecule has 2 rings (SSSR count). The van der Waals surface area contributed by atoms with Gasteiger partial charge in [0.05, 0.1) is 12.8 Å². The van der Waals surface area contributed by atoms with Gasteiger partial charge < -0.3 is 20.5 Å². The molecule has 0 aliphatic heterocycles. The summed E-state index contributed by atoms with van der Waals surface area (Å²) in [7, 11) is 1.46. The third-order valence-corrected chi connectivity index (χ3v) is 3.87. The lowest BCUT2D eigenvalue weighted by molar-refractivity contribution is 0.156. The summed E-state index contributed by atoms with van der Waals surface area (Å²) < 4.78 is 18.3. The summed E-state index contributed by atoms with van der Waals surface area (Å²) in [5.41, 5.74) is 0.284. The summed E-state index contributed by atoms with van der Waals surface area (Å²) in [6.07, 6.45) is 3.86. The molecule has 0 spiro atoms. The van der Waals surface area contributed by atoms with E-state index in [-0.39, 0.29) is 24.3 Å². The molecule has 21 heavy (non-hydrogen) atoms. The van der Waals surface area contributed by atoms with Gasteiger partial charge in [-0.15, -0.1) is 0 Å². The number of rotatable bonds is 4. The van der Waals surface area contributed by atoms with Crippen LogP contribution in [0.15, 0.2) is 18.2 Å². The highest BCUT2D eigenvalue weighted by Gasteiger charge is 2.26. The summed E-state index contributed by atoms with van der Waals surface area (Å²) in [6, 6.07) is 3.47. The van der Waals surface area contributed by atoms with Crippen molar-refractivity contribution < 1.29 is 19.0 Å². The van der Waals surface area contributed by atoms with Crippen molar-refractivity contribution in [3.05, 3.63) is 24.0 Å². The predicted molar refractivity (Wildman–Crippen MR) is 77.9 cm³/mol. The van der Waals surface area contributed by atoms with Crippen LogP contribution in [0.4, 0.5) is 14.9 Å². The molecule has 5 nitrogen and oxygen atoms in total. The van der Waals surface area contributed by atoms with Gasteiger partial charge in [0.15, 0.2) is 0 Å². The lowest BCUT2D eigenvalue weighted by Gasteiger charge is -2.30. The Kier molecular flexibility index (Phi) is 5.38. The van der Waals surface area contributed by atoms with Crippen molar-refractivity contribution in [3.8, 4) is 5.75 Å². The number of benzene rings is 1. The second-order valence-electron chi connectivity index (χ2n) is 5.28. The number of methoxy groups -OCH3 is 1. The monoisotopic (exact) mass is 296 g/mol. The minimum absolute atomic E-state index is 0.0525. The number of halogens is 1. The number of aliphatic hydroxyl groups excluding tert-OH is 1. The van der Waals surface area contributed by atoms with Crippen molar-refractivity contribution >= 4 is 11.7 Å². The molecule has 2 atom stereocenters. The number of nitrogens with one attached hydrogen (secondary N) is 2. The average Bonchev–Trinajstić information content (AvgIpc) is 2.48. The van der Waals surface area contributed by atoms with Crippen molar-refractivity contribution in [3.63, 3.8) is 0 Å². The number of carbonyl (C=O) groups is 1. The minimum atomic E-state index is -0.447. The van der Waals surface area contributed by atoms with Crippen LogP contribution in [0, 0.1) is 11.7 Å². The van der Waals surface area contributed by atoms with Gasteiger partial charge in [0, 0.05) is 24.6 Å². The third-order valence-electron chi connectivity index (χ3n) is 3.87. The van der Waals surface area contributed by atoms with E-state index in [1.54, 1.807) is 0 Å². The minimum Gasteiger partial charge on any atom is -0.495 e. The number of anilines is 1. The van der Waals surface area contributed by atoms with Crippen molar-refractivity contribution in [2.75, 3.05) is 19.0 Å². The summed E-state index contributed by atoms with van der Waals surface area (Å²) in [5, 5.41) is 14.8. The van der Waals surface area contributed by atoms with Crippen LogP contribution in [0.1, 0.15) is 25.7 Å². The Balaban J connectivity index is 1.99. The van der Waals surface area contributed by atoms with Gasteiger partial charge in [-0.25, -0.2) is 9.18 Å². The summed E-state index contributed by atoms with van der Waals surface area (Å²) in [4.78, 5) is 12.0. The Morgan fingerprint density at radius 3 is 2.90 bits per heavy atom. The molecule has 3 N–H and O–H groups in total. The SMILES string of the molecule is COc1ccc(F)cc1NC(=O)NC1CCCCC1CO. The van der Waals surface area contributed by atoms with Gasteiger partial charge in [0.25, 0.3) is 0 Å². The van der Waals surface area contributed by atoms with Gasteiger partial charge >= 0.3 is 6.03 Å². The molecule has 1 aliphatic carbocycles. The Bertz CT molecular complexity index is 496. The first kappa shape index (κ1) is 15.6. The van der Waals surface area contributed by atoms with Crippen LogP contribution >= 0.6 is 0 Å². The van der Waals surface area contributed by atoms with E-state index < -0.39 is 11.8 Å². The predicted octanol–water partition coefficient (Wildman–Crippen LogP) is 2.51. The lowest BCUT2D eigenvalue weighted by atomic mass is 9.85. The molecule has 0 heterocycles. The first-order valence-corrected chi connectivity index (χ1v) is 7.16. The van der Waals surface area contributed by atoms with E-state index in [2.05, 4.69) is 10.6 Å². The van der Waals surface area contributed by atoms with E-state index in [1.165, 1.54) is 25.3 Å². The topological polar surface area (TPSA) is 70.6 Å². The molecule has 6 heteroatoms. The van der Waals surface area contributed by atoms with Gasteiger partial charge in [-0.1, -0.05) is 12.8 Å². The molecule has 1 fully saturated rings. The molecule has 0 radical (unpaired) electrons. The highest BCUT2D eigenvalue weighted by molar-refractivity contribution is 5.91. The van der Waals surface area contributed by atoms with E-state index in [1.807, 2.05) is 0 Å². The number of carbonyl (C=O) groups excluding carboxylic acids is 1. The molecule has 2 amide bonds. The van der Waals surface area contributed by atoms with E-state index in [9.17, 15) is 14.3 Å². The van der Waals surface area contributed by atoms with Gasteiger partial charge in [-0.3, -0.25) is 0 Å².